The second-order valence-electron chi connectivity index (χ2n) is 0.283. The Morgan fingerprint density at radius 2 is 1.40 bits per heavy atom. The van der Waals surface area contributed by atoms with Crippen molar-refractivity contribution in [3.05, 3.63) is 0 Å². The average molecular weight is 98.0 g/mol. The summed E-state index contributed by atoms with van der Waals surface area (Å²) in [6.45, 7) is 0. The van der Waals surface area contributed by atoms with Crippen molar-refractivity contribution in [1.82, 2.24) is 0 Å². The minimum Gasteiger partial charge on any atom is -0.326 e. The average Bonchev–Trinajstić information content (AvgIpc) is 0.811. The standard InChI is InChI=1S/CH4.H3O3P/c;1-4(2)3/h1H4;4H,(H2,1,2,3). The zero-order valence-electron chi connectivity index (χ0n) is 1.80. The molecule has 0 aliphatic heterocycles. The van der Waals surface area contributed by atoms with Crippen LogP contribution in [0.4, 0.5) is 0 Å². The van der Waals surface area contributed by atoms with E-state index in [-0.39, 0.29) is 7.43 Å². The van der Waals surface area contributed by atoms with Gasteiger partial charge in [0.25, 0.3) is 0 Å². The largest absolute Gasteiger partial charge is 0.326 e. The van der Waals surface area contributed by atoms with Gasteiger partial charge in [-0.3, -0.25) is 4.57 Å². The molecule has 0 spiro atoms. The summed E-state index contributed by atoms with van der Waals surface area (Å²) in [5.41, 5.74) is 0. The van der Waals surface area contributed by atoms with Gasteiger partial charge in [-0.1, -0.05) is 7.43 Å². The highest BCUT2D eigenvalue weighted by atomic mass is 31.1. The molecule has 0 aromatic rings. The zero-order chi connectivity index (χ0) is 3.58. The molecule has 0 unspecified atom stereocenters. The molecule has 5 heavy (non-hydrogen) atoms. The Morgan fingerprint density at radius 3 is 1.40 bits per heavy atom. The van der Waals surface area contributed by atoms with E-state index in [9.17, 15) is 0 Å². The fourth-order valence-corrected chi connectivity index (χ4v) is 0. The highest BCUT2D eigenvalue weighted by molar-refractivity contribution is 7.30. The quantitative estimate of drug-likeness (QED) is 0.419. The Hall–Kier alpha value is 0.150. The lowest BCUT2D eigenvalue weighted by Gasteiger charge is -1.61. The van der Waals surface area contributed by atoms with E-state index >= 15 is 0 Å². The molecule has 0 atom stereocenters. The predicted molar refractivity (Wildman–Crippen MR) is 20.2 cm³/mol. The van der Waals surface area contributed by atoms with Crippen LogP contribution in [0.15, 0.2) is 0 Å². The van der Waals surface area contributed by atoms with Crippen molar-refractivity contribution in [2.75, 3.05) is 0 Å². The number of hydrogen-bond acceptors (Lipinski definition) is 1. The summed E-state index contributed by atoms with van der Waals surface area (Å²) < 4.78 is 8.74. The van der Waals surface area contributed by atoms with Crippen molar-refractivity contribution in [1.29, 1.82) is 0 Å². The van der Waals surface area contributed by atoms with Crippen LogP contribution in [0.3, 0.4) is 0 Å². The monoisotopic (exact) mass is 98.0 g/mol. The third-order valence-electron chi connectivity index (χ3n) is 0. The van der Waals surface area contributed by atoms with Crippen LogP contribution in [-0.4, -0.2) is 9.79 Å². The number of rotatable bonds is 0. The first-order valence-corrected chi connectivity index (χ1v) is 1.95. The molecule has 0 amide bonds. The Bertz CT molecular complexity index is 29.9. The molecular formula is CH7O3P. The lowest BCUT2D eigenvalue weighted by molar-refractivity contribution is 0.405. The van der Waals surface area contributed by atoms with Crippen molar-refractivity contribution in [3.63, 3.8) is 0 Å². The summed E-state index contributed by atoms with van der Waals surface area (Å²) in [6.07, 6.45) is 0. The van der Waals surface area contributed by atoms with Gasteiger partial charge in [-0.2, -0.15) is 0 Å². The maximum absolute atomic E-state index is 8.74. The Labute approximate surface area is 31.2 Å². The van der Waals surface area contributed by atoms with Crippen LogP contribution < -0.4 is 0 Å². The smallest absolute Gasteiger partial charge is 0.314 e. The Kier molecular flexibility index (Phi) is 7.42. The van der Waals surface area contributed by atoms with Crippen molar-refractivity contribution in [3.8, 4) is 0 Å². The summed E-state index contributed by atoms with van der Waals surface area (Å²) in [4.78, 5) is 14.3. The fourth-order valence-electron chi connectivity index (χ4n) is 0. The summed E-state index contributed by atoms with van der Waals surface area (Å²) in [7, 11) is -3.13. The van der Waals surface area contributed by atoms with Gasteiger partial charge < -0.3 is 9.79 Å². The van der Waals surface area contributed by atoms with Gasteiger partial charge in [-0.25, -0.2) is 0 Å². The van der Waals surface area contributed by atoms with Crippen LogP contribution in [0.1, 0.15) is 7.43 Å². The van der Waals surface area contributed by atoms with Gasteiger partial charge in [0, 0.05) is 0 Å². The summed E-state index contributed by atoms with van der Waals surface area (Å²) >= 11 is 0. The van der Waals surface area contributed by atoms with Gasteiger partial charge >= 0.3 is 8.25 Å². The van der Waals surface area contributed by atoms with Crippen molar-refractivity contribution in [2.45, 2.75) is 7.43 Å². The van der Waals surface area contributed by atoms with E-state index in [1.807, 2.05) is 0 Å². The van der Waals surface area contributed by atoms with E-state index in [4.69, 9.17) is 14.4 Å². The van der Waals surface area contributed by atoms with Crippen LogP contribution >= 0.6 is 8.25 Å². The molecular weight excluding hydrogens is 91.0 g/mol. The highest BCUT2D eigenvalue weighted by Crippen LogP contribution is 1.98. The van der Waals surface area contributed by atoms with Crippen molar-refractivity contribution >= 4 is 8.25 Å². The zero-order valence-corrected chi connectivity index (χ0v) is 2.80. The molecule has 0 bridgehead atoms. The SMILES string of the molecule is C.O=[PH](O)O. The first-order valence-electron chi connectivity index (χ1n) is 0.651. The van der Waals surface area contributed by atoms with Gasteiger partial charge in [0.15, 0.2) is 0 Å². The normalized spacial score (nSPS) is 7.00. The lowest BCUT2D eigenvalue weighted by atomic mass is 12.0. The third-order valence-corrected chi connectivity index (χ3v) is 0. The predicted octanol–water partition coefficient (Wildman–Crippen LogP) is -0.00320. The van der Waals surface area contributed by atoms with Crippen LogP contribution in [0.2, 0.25) is 0 Å². The summed E-state index contributed by atoms with van der Waals surface area (Å²) in [5, 5.41) is 0. The lowest BCUT2D eigenvalue weighted by Crippen LogP contribution is -1.38. The molecule has 0 aliphatic rings. The molecule has 0 aliphatic carbocycles. The van der Waals surface area contributed by atoms with Gasteiger partial charge in [0.1, 0.15) is 0 Å². The molecule has 0 aromatic carbocycles. The Balaban J connectivity index is 0. The maximum Gasteiger partial charge on any atom is 0.314 e. The topological polar surface area (TPSA) is 57.5 Å². The summed E-state index contributed by atoms with van der Waals surface area (Å²) in [5.74, 6) is 0. The molecule has 0 aromatic heterocycles. The molecule has 0 radical (unpaired) electrons. The number of hydrogen-bond donors (Lipinski definition) is 2. The first kappa shape index (κ1) is 8.94. The molecule has 0 rings (SSSR count). The van der Waals surface area contributed by atoms with Gasteiger partial charge in [-0.05, 0) is 0 Å². The molecule has 0 heterocycles. The first-order chi connectivity index (χ1) is 1.73. The van der Waals surface area contributed by atoms with Gasteiger partial charge in [0.2, 0.25) is 0 Å². The maximum atomic E-state index is 8.74. The van der Waals surface area contributed by atoms with E-state index in [1.165, 1.54) is 0 Å². The summed E-state index contributed by atoms with van der Waals surface area (Å²) in [6, 6.07) is 0. The van der Waals surface area contributed by atoms with Crippen LogP contribution in [0.25, 0.3) is 0 Å². The van der Waals surface area contributed by atoms with E-state index in [0.29, 0.717) is 0 Å². The van der Waals surface area contributed by atoms with Gasteiger partial charge in [-0.15, -0.1) is 0 Å². The van der Waals surface area contributed by atoms with Crippen molar-refractivity contribution < 1.29 is 14.4 Å². The van der Waals surface area contributed by atoms with E-state index in [1.54, 1.807) is 0 Å². The molecule has 0 saturated heterocycles. The fraction of sp³-hybridized carbons (Fsp3) is 1.00. The molecule has 4 heteroatoms. The van der Waals surface area contributed by atoms with Crippen LogP contribution in [0, 0.1) is 0 Å². The molecule has 0 saturated carbocycles. The second kappa shape index (κ2) is 4.15. The molecule has 34 valence electrons. The van der Waals surface area contributed by atoms with Crippen LogP contribution in [0.5, 0.6) is 0 Å². The minimum absolute atomic E-state index is 0. The Morgan fingerprint density at radius 1 is 1.40 bits per heavy atom. The van der Waals surface area contributed by atoms with Crippen molar-refractivity contribution in [2.24, 2.45) is 0 Å². The second-order valence-corrected chi connectivity index (χ2v) is 0.848. The highest BCUT2D eigenvalue weighted by Gasteiger charge is 1.61. The minimum atomic E-state index is -3.13. The van der Waals surface area contributed by atoms with E-state index in [0.717, 1.165) is 0 Å². The molecule has 2 N–H and O–H groups in total. The molecule has 3 nitrogen and oxygen atoms in total. The van der Waals surface area contributed by atoms with E-state index in [2.05, 4.69) is 0 Å². The van der Waals surface area contributed by atoms with Crippen LogP contribution in [-0.2, 0) is 4.57 Å². The molecule has 0 fully saturated rings. The third kappa shape index (κ3) is 853. The van der Waals surface area contributed by atoms with Gasteiger partial charge in [0.05, 0.1) is 0 Å². The van der Waals surface area contributed by atoms with E-state index < -0.39 is 8.25 Å².